The molecule has 1 aliphatic rings. The van der Waals surface area contributed by atoms with E-state index in [9.17, 15) is 19.1 Å². The van der Waals surface area contributed by atoms with E-state index in [1.807, 2.05) is 31.2 Å². The zero-order chi connectivity index (χ0) is 25.2. The number of Topliss-reactive ketones (excluding diaryl/α,β-unsaturated/α-hetero) is 1. The molecule has 1 N–H and O–H groups in total. The molecule has 1 aliphatic heterocycles. The van der Waals surface area contributed by atoms with Crippen LogP contribution in [0, 0.1) is 12.7 Å². The van der Waals surface area contributed by atoms with Gasteiger partial charge in [0.05, 0.1) is 5.57 Å². The summed E-state index contributed by atoms with van der Waals surface area (Å²) in [6.07, 6.45) is 1.49. The van der Waals surface area contributed by atoms with Crippen LogP contribution >= 0.6 is 11.3 Å². The number of aryl methyl sites for hydroxylation is 1. The van der Waals surface area contributed by atoms with Crippen LogP contribution in [0.1, 0.15) is 28.3 Å². The molecule has 1 atom stereocenters. The van der Waals surface area contributed by atoms with Crippen LogP contribution in [0.25, 0.3) is 5.76 Å². The molecule has 4 aromatic rings. The van der Waals surface area contributed by atoms with Crippen LogP contribution in [0.5, 0.6) is 5.75 Å². The van der Waals surface area contributed by atoms with E-state index in [0.717, 1.165) is 27.4 Å². The first-order valence-corrected chi connectivity index (χ1v) is 12.1. The average Bonchev–Trinajstić information content (AvgIpc) is 3.50. The molecule has 0 bridgehead atoms. The third-order valence-electron chi connectivity index (χ3n) is 5.89. The first-order chi connectivity index (χ1) is 17.4. The van der Waals surface area contributed by atoms with Gasteiger partial charge in [0.15, 0.2) is 5.13 Å². The van der Waals surface area contributed by atoms with Crippen molar-refractivity contribution in [3.63, 3.8) is 0 Å². The summed E-state index contributed by atoms with van der Waals surface area (Å²) in [5.74, 6) is -2.21. The molecule has 1 aromatic heterocycles. The highest BCUT2D eigenvalue weighted by Gasteiger charge is 2.48. The van der Waals surface area contributed by atoms with Crippen molar-refractivity contribution in [1.82, 2.24) is 4.98 Å². The van der Waals surface area contributed by atoms with E-state index in [4.69, 9.17) is 4.74 Å². The average molecular weight is 501 g/mol. The standard InChI is InChI=1S/C28H21FN2O4S/c1-17-5-4-6-18(15-17)16-35-20-11-9-19(10-12-20)25(32)23-24(21-7-2-3-8-22(21)29)31(27(34)26(23)33)28-30-13-14-36-28/h2-15,24,32H,16H2,1H3/t24-/m1/s1. The third-order valence-corrected chi connectivity index (χ3v) is 6.66. The number of amides is 1. The second kappa shape index (κ2) is 9.75. The molecule has 0 spiro atoms. The van der Waals surface area contributed by atoms with Gasteiger partial charge in [0, 0.05) is 22.7 Å². The number of hydrogen-bond acceptors (Lipinski definition) is 6. The predicted octanol–water partition coefficient (Wildman–Crippen LogP) is 5.80. The fourth-order valence-corrected chi connectivity index (χ4v) is 4.86. The van der Waals surface area contributed by atoms with Crippen molar-refractivity contribution in [1.29, 1.82) is 0 Å². The Hall–Kier alpha value is -4.30. The number of carbonyl (C=O) groups is 2. The molecule has 36 heavy (non-hydrogen) atoms. The van der Waals surface area contributed by atoms with Gasteiger partial charge in [0.1, 0.15) is 30.0 Å². The largest absolute Gasteiger partial charge is 0.507 e. The van der Waals surface area contributed by atoms with Gasteiger partial charge >= 0.3 is 5.91 Å². The van der Waals surface area contributed by atoms with Crippen LogP contribution in [0.3, 0.4) is 0 Å². The Morgan fingerprint density at radius 3 is 2.56 bits per heavy atom. The third kappa shape index (κ3) is 4.38. The molecule has 2 heterocycles. The minimum Gasteiger partial charge on any atom is -0.507 e. The number of anilines is 1. The topological polar surface area (TPSA) is 79.7 Å². The number of hydrogen-bond donors (Lipinski definition) is 1. The van der Waals surface area contributed by atoms with Crippen molar-refractivity contribution in [3.05, 3.63) is 118 Å². The first-order valence-electron chi connectivity index (χ1n) is 11.2. The van der Waals surface area contributed by atoms with Gasteiger partial charge in [-0.25, -0.2) is 9.37 Å². The molecular weight excluding hydrogens is 479 g/mol. The lowest BCUT2D eigenvalue weighted by atomic mass is 9.95. The van der Waals surface area contributed by atoms with Gasteiger partial charge in [-0.05, 0) is 42.8 Å². The summed E-state index contributed by atoms with van der Waals surface area (Å²) in [7, 11) is 0. The summed E-state index contributed by atoms with van der Waals surface area (Å²) >= 11 is 1.14. The van der Waals surface area contributed by atoms with E-state index in [1.165, 1.54) is 24.4 Å². The number of ether oxygens (including phenoxy) is 1. The Bertz CT molecular complexity index is 1470. The highest BCUT2D eigenvalue weighted by Crippen LogP contribution is 2.43. The Balaban J connectivity index is 1.50. The summed E-state index contributed by atoms with van der Waals surface area (Å²) in [4.78, 5) is 31.4. The van der Waals surface area contributed by atoms with Crippen molar-refractivity contribution in [2.24, 2.45) is 0 Å². The number of thiazole rings is 1. The lowest BCUT2D eigenvalue weighted by Crippen LogP contribution is -2.29. The summed E-state index contributed by atoms with van der Waals surface area (Å²) in [5.41, 5.74) is 2.35. The van der Waals surface area contributed by atoms with Crippen LogP contribution in [0.4, 0.5) is 9.52 Å². The van der Waals surface area contributed by atoms with Crippen LogP contribution in [0.2, 0.25) is 0 Å². The number of aliphatic hydroxyl groups is 1. The predicted molar refractivity (Wildman–Crippen MR) is 135 cm³/mol. The smallest absolute Gasteiger partial charge is 0.301 e. The van der Waals surface area contributed by atoms with E-state index in [1.54, 1.807) is 35.7 Å². The van der Waals surface area contributed by atoms with Crippen molar-refractivity contribution in [3.8, 4) is 5.75 Å². The number of nitrogens with zero attached hydrogens (tertiary/aromatic N) is 2. The molecular formula is C28H21FN2O4S. The van der Waals surface area contributed by atoms with Crippen LogP contribution in [-0.2, 0) is 16.2 Å². The van der Waals surface area contributed by atoms with E-state index >= 15 is 0 Å². The number of halogens is 1. The van der Waals surface area contributed by atoms with Gasteiger partial charge in [-0.15, -0.1) is 11.3 Å². The first kappa shape index (κ1) is 23.4. The highest BCUT2D eigenvalue weighted by atomic mass is 32.1. The van der Waals surface area contributed by atoms with Crippen molar-refractivity contribution >= 4 is 33.9 Å². The molecule has 1 fully saturated rings. The fourth-order valence-electron chi connectivity index (χ4n) is 4.19. The van der Waals surface area contributed by atoms with E-state index in [2.05, 4.69) is 4.98 Å². The fraction of sp³-hybridized carbons (Fsp3) is 0.107. The quantitative estimate of drug-likeness (QED) is 0.206. The van der Waals surface area contributed by atoms with Gasteiger partial charge in [0.2, 0.25) is 0 Å². The highest BCUT2D eigenvalue weighted by molar-refractivity contribution is 7.14. The second-order valence-electron chi connectivity index (χ2n) is 8.31. The van der Waals surface area contributed by atoms with Gasteiger partial charge < -0.3 is 9.84 Å². The number of benzene rings is 3. The molecule has 0 unspecified atom stereocenters. The maximum atomic E-state index is 14.9. The molecule has 1 saturated heterocycles. The number of aliphatic hydroxyl groups excluding tert-OH is 1. The maximum Gasteiger partial charge on any atom is 0.301 e. The molecule has 6 nitrogen and oxygen atoms in total. The van der Waals surface area contributed by atoms with Crippen molar-refractivity contribution in [2.75, 3.05) is 4.90 Å². The number of carbonyl (C=O) groups excluding carboxylic acids is 2. The van der Waals surface area contributed by atoms with Crippen LogP contribution in [0.15, 0.2) is 89.9 Å². The molecule has 180 valence electrons. The molecule has 3 aromatic carbocycles. The van der Waals surface area contributed by atoms with E-state index in [-0.39, 0.29) is 16.3 Å². The summed E-state index contributed by atoms with van der Waals surface area (Å²) in [6.45, 7) is 2.38. The number of ketones is 1. The maximum absolute atomic E-state index is 14.9. The zero-order valence-electron chi connectivity index (χ0n) is 19.2. The molecule has 0 aliphatic carbocycles. The minimum atomic E-state index is -1.16. The van der Waals surface area contributed by atoms with Gasteiger partial charge in [-0.3, -0.25) is 14.5 Å². The molecule has 5 rings (SSSR count). The molecule has 0 saturated carbocycles. The summed E-state index contributed by atoms with van der Waals surface area (Å²) < 4.78 is 20.7. The minimum absolute atomic E-state index is 0.0894. The van der Waals surface area contributed by atoms with Gasteiger partial charge in [0.25, 0.3) is 5.78 Å². The van der Waals surface area contributed by atoms with Gasteiger partial charge in [-0.2, -0.15) is 0 Å². The Labute approximate surface area is 210 Å². The van der Waals surface area contributed by atoms with Crippen molar-refractivity contribution < 1.29 is 23.8 Å². The SMILES string of the molecule is Cc1cccc(COc2ccc(C(O)=C3C(=O)C(=O)N(c4nccs4)[C@@H]3c3ccccc3F)cc2)c1. The molecule has 0 radical (unpaired) electrons. The Morgan fingerprint density at radius 2 is 1.86 bits per heavy atom. The van der Waals surface area contributed by atoms with E-state index < -0.39 is 29.3 Å². The summed E-state index contributed by atoms with van der Waals surface area (Å²) in [5, 5.41) is 13.1. The monoisotopic (exact) mass is 500 g/mol. The second-order valence-corrected chi connectivity index (χ2v) is 9.18. The van der Waals surface area contributed by atoms with Crippen LogP contribution in [-0.4, -0.2) is 21.8 Å². The Morgan fingerprint density at radius 1 is 1.08 bits per heavy atom. The Kier molecular flexibility index (Phi) is 6.35. The number of aromatic nitrogens is 1. The zero-order valence-corrected chi connectivity index (χ0v) is 20.0. The number of rotatable bonds is 6. The molecule has 8 heteroatoms. The normalized spacial score (nSPS) is 16.9. The summed E-state index contributed by atoms with van der Waals surface area (Å²) in [6, 6.07) is 19.2. The molecule has 1 amide bonds. The van der Waals surface area contributed by atoms with E-state index in [0.29, 0.717) is 17.9 Å². The lowest BCUT2D eigenvalue weighted by molar-refractivity contribution is -0.132. The van der Waals surface area contributed by atoms with Gasteiger partial charge in [-0.1, -0.05) is 48.0 Å². The van der Waals surface area contributed by atoms with Crippen molar-refractivity contribution in [2.45, 2.75) is 19.6 Å². The van der Waals surface area contributed by atoms with Crippen LogP contribution < -0.4 is 9.64 Å². The lowest BCUT2D eigenvalue weighted by Gasteiger charge is -2.23.